The Balaban J connectivity index is 2.41. The summed E-state index contributed by atoms with van der Waals surface area (Å²) in [6, 6.07) is 0. The largest absolute Gasteiger partial charge is 0.299 e. The fraction of sp³-hybridized carbons (Fsp3) is 0.625. The van der Waals surface area contributed by atoms with E-state index < -0.39 is 0 Å². The van der Waals surface area contributed by atoms with E-state index in [2.05, 4.69) is 22.3 Å². The molecule has 0 aliphatic rings. The molecule has 1 heterocycles. The van der Waals surface area contributed by atoms with E-state index in [9.17, 15) is 0 Å². The quantitative estimate of drug-likeness (QED) is 0.699. The minimum Gasteiger partial charge on any atom is -0.299 e. The predicted octanol–water partition coefficient (Wildman–Crippen LogP) is 2.12. The maximum atomic E-state index is 5.61. The number of aryl methyl sites for hydroxylation is 1. The van der Waals surface area contributed by atoms with Crippen LogP contribution >= 0.6 is 22.9 Å². The molecular weight excluding hydrogens is 192 g/mol. The SMILES string of the molecule is Cc1nc(CN(C)CCCl)cs1. The minimum atomic E-state index is 0.680. The average Bonchev–Trinajstić information content (AvgIpc) is 2.36. The predicted molar refractivity (Wildman–Crippen MR) is 53.9 cm³/mol. The highest BCUT2D eigenvalue weighted by Gasteiger charge is 2.01. The van der Waals surface area contributed by atoms with Crippen molar-refractivity contribution in [2.75, 3.05) is 19.5 Å². The molecule has 0 aliphatic heterocycles. The van der Waals surface area contributed by atoms with Crippen molar-refractivity contribution >= 4 is 22.9 Å². The molecule has 0 atom stereocenters. The first-order chi connectivity index (χ1) is 5.72. The molecule has 1 aromatic rings. The Labute approximate surface area is 82.2 Å². The van der Waals surface area contributed by atoms with Gasteiger partial charge in [-0.05, 0) is 14.0 Å². The van der Waals surface area contributed by atoms with Crippen molar-refractivity contribution in [2.45, 2.75) is 13.5 Å². The third-order valence-corrected chi connectivity index (χ3v) is 2.56. The van der Waals surface area contributed by atoms with Crippen molar-refractivity contribution < 1.29 is 0 Å². The first kappa shape index (κ1) is 9.96. The maximum Gasteiger partial charge on any atom is 0.0897 e. The molecule has 0 radical (unpaired) electrons. The number of aromatic nitrogens is 1. The van der Waals surface area contributed by atoms with Gasteiger partial charge in [-0.1, -0.05) is 0 Å². The maximum absolute atomic E-state index is 5.61. The highest BCUT2D eigenvalue weighted by molar-refractivity contribution is 7.09. The summed E-state index contributed by atoms with van der Waals surface area (Å²) in [5.74, 6) is 0.680. The van der Waals surface area contributed by atoms with Crippen LogP contribution in [0.1, 0.15) is 10.7 Å². The molecule has 0 aromatic carbocycles. The molecule has 12 heavy (non-hydrogen) atoms. The first-order valence-corrected chi connectivity index (χ1v) is 5.29. The molecule has 0 aliphatic carbocycles. The average molecular weight is 205 g/mol. The van der Waals surface area contributed by atoms with Crippen molar-refractivity contribution in [3.8, 4) is 0 Å². The van der Waals surface area contributed by atoms with Crippen LogP contribution in [0, 0.1) is 6.92 Å². The van der Waals surface area contributed by atoms with Gasteiger partial charge in [-0.25, -0.2) is 4.98 Å². The number of alkyl halides is 1. The number of nitrogens with zero attached hydrogens (tertiary/aromatic N) is 2. The van der Waals surface area contributed by atoms with Gasteiger partial charge in [0.15, 0.2) is 0 Å². The summed E-state index contributed by atoms with van der Waals surface area (Å²) >= 11 is 7.30. The van der Waals surface area contributed by atoms with E-state index in [1.807, 2.05) is 6.92 Å². The Morgan fingerprint density at radius 2 is 2.42 bits per heavy atom. The Hall–Kier alpha value is -0.120. The van der Waals surface area contributed by atoms with Crippen molar-refractivity contribution in [1.29, 1.82) is 0 Å². The van der Waals surface area contributed by atoms with Gasteiger partial charge in [-0.3, -0.25) is 4.90 Å². The summed E-state index contributed by atoms with van der Waals surface area (Å²) in [7, 11) is 2.05. The van der Waals surface area contributed by atoms with E-state index in [-0.39, 0.29) is 0 Å². The first-order valence-electron chi connectivity index (χ1n) is 3.88. The molecule has 68 valence electrons. The number of hydrogen-bond acceptors (Lipinski definition) is 3. The van der Waals surface area contributed by atoms with Crippen LogP contribution in [0.25, 0.3) is 0 Å². The zero-order valence-electron chi connectivity index (χ0n) is 7.38. The van der Waals surface area contributed by atoms with Crippen molar-refractivity contribution in [3.05, 3.63) is 16.1 Å². The highest BCUT2D eigenvalue weighted by atomic mass is 35.5. The van der Waals surface area contributed by atoms with Crippen molar-refractivity contribution in [3.63, 3.8) is 0 Å². The summed E-state index contributed by atoms with van der Waals surface area (Å²) in [4.78, 5) is 6.53. The van der Waals surface area contributed by atoms with Crippen LogP contribution < -0.4 is 0 Å². The lowest BCUT2D eigenvalue weighted by molar-refractivity contribution is 0.344. The van der Waals surface area contributed by atoms with E-state index in [0.717, 1.165) is 23.8 Å². The van der Waals surface area contributed by atoms with E-state index in [1.165, 1.54) is 0 Å². The molecule has 0 saturated heterocycles. The third-order valence-electron chi connectivity index (χ3n) is 1.56. The molecule has 0 N–H and O–H groups in total. The Kier molecular flexibility index (Phi) is 3.98. The summed E-state index contributed by atoms with van der Waals surface area (Å²) in [5, 5.41) is 3.23. The van der Waals surface area contributed by atoms with Crippen molar-refractivity contribution in [2.24, 2.45) is 0 Å². The van der Waals surface area contributed by atoms with Gasteiger partial charge < -0.3 is 0 Å². The van der Waals surface area contributed by atoms with Gasteiger partial charge in [0.1, 0.15) is 0 Å². The lowest BCUT2D eigenvalue weighted by Crippen LogP contribution is -2.20. The van der Waals surface area contributed by atoms with Gasteiger partial charge in [0.25, 0.3) is 0 Å². The van der Waals surface area contributed by atoms with Gasteiger partial charge in [0, 0.05) is 24.3 Å². The standard InChI is InChI=1S/C8H13ClN2S/c1-7-10-8(6-12-7)5-11(2)4-3-9/h6H,3-5H2,1-2H3. The van der Waals surface area contributed by atoms with E-state index in [1.54, 1.807) is 11.3 Å². The molecule has 0 amide bonds. The van der Waals surface area contributed by atoms with Gasteiger partial charge in [0.2, 0.25) is 0 Å². The highest BCUT2D eigenvalue weighted by Crippen LogP contribution is 2.09. The third kappa shape index (κ3) is 3.09. The molecule has 4 heteroatoms. The number of thiazole rings is 1. The molecule has 0 unspecified atom stereocenters. The Bertz CT molecular complexity index is 237. The smallest absolute Gasteiger partial charge is 0.0897 e. The van der Waals surface area contributed by atoms with Crippen LogP contribution in [0.2, 0.25) is 0 Å². The zero-order chi connectivity index (χ0) is 8.97. The fourth-order valence-corrected chi connectivity index (χ4v) is 1.87. The summed E-state index contributed by atoms with van der Waals surface area (Å²) in [6.45, 7) is 3.84. The van der Waals surface area contributed by atoms with E-state index in [4.69, 9.17) is 11.6 Å². The molecule has 0 spiro atoms. The van der Waals surface area contributed by atoms with Crippen LogP contribution in [-0.4, -0.2) is 29.4 Å². The van der Waals surface area contributed by atoms with Crippen LogP contribution in [0.3, 0.4) is 0 Å². The van der Waals surface area contributed by atoms with Crippen molar-refractivity contribution in [1.82, 2.24) is 9.88 Å². The zero-order valence-corrected chi connectivity index (χ0v) is 8.95. The summed E-state index contributed by atoms with van der Waals surface area (Å²) in [5.41, 5.74) is 1.14. The molecule has 1 rings (SSSR count). The van der Waals surface area contributed by atoms with Gasteiger partial charge in [-0.15, -0.1) is 22.9 Å². The Morgan fingerprint density at radius 3 is 2.92 bits per heavy atom. The second kappa shape index (κ2) is 4.80. The summed E-state index contributed by atoms with van der Waals surface area (Å²) in [6.07, 6.45) is 0. The van der Waals surface area contributed by atoms with E-state index >= 15 is 0 Å². The molecule has 2 nitrogen and oxygen atoms in total. The van der Waals surface area contributed by atoms with Crippen LogP contribution in [-0.2, 0) is 6.54 Å². The Morgan fingerprint density at radius 1 is 1.67 bits per heavy atom. The minimum absolute atomic E-state index is 0.680. The monoisotopic (exact) mass is 204 g/mol. The lowest BCUT2D eigenvalue weighted by Gasteiger charge is -2.12. The van der Waals surface area contributed by atoms with Gasteiger partial charge >= 0.3 is 0 Å². The van der Waals surface area contributed by atoms with Crippen LogP contribution in [0.4, 0.5) is 0 Å². The number of rotatable bonds is 4. The second-order valence-electron chi connectivity index (χ2n) is 2.78. The van der Waals surface area contributed by atoms with Gasteiger partial charge in [-0.2, -0.15) is 0 Å². The fourth-order valence-electron chi connectivity index (χ4n) is 0.981. The molecule has 0 bridgehead atoms. The van der Waals surface area contributed by atoms with Gasteiger partial charge in [0.05, 0.1) is 10.7 Å². The summed E-state index contributed by atoms with van der Waals surface area (Å²) < 4.78 is 0. The van der Waals surface area contributed by atoms with E-state index in [0.29, 0.717) is 5.88 Å². The van der Waals surface area contributed by atoms with Crippen LogP contribution in [0.15, 0.2) is 5.38 Å². The number of hydrogen-bond donors (Lipinski definition) is 0. The molecule has 0 fully saturated rings. The number of halogens is 1. The second-order valence-corrected chi connectivity index (χ2v) is 4.22. The normalized spacial score (nSPS) is 11.0. The van der Waals surface area contributed by atoms with Crippen LogP contribution in [0.5, 0.6) is 0 Å². The topological polar surface area (TPSA) is 16.1 Å². The lowest BCUT2D eigenvalue weighted by atomic mass is 10.4. The molecule has 0 saturated carbocycles. The molecule has 1 aromatic heterocycles. The molecular formula is C8H13ClN2S.